The Morgan fingerprint density at radius 1 is 1.41 bits per heavy atom. The molecular formula is C16H15FN2O2S. The van der Waals surface area contributed by atoms with Crippen molar-refractivity contribution in [1.29, 1.82) is 0 Å². The molecule has 1 aromatic heterocycles. The van der Waals surface area contributed by atoms with Crippen molar-refractivity contribution in [2.75, 3.05) is 0 Å². The van der Waals surface area contributed by atoms with E-state index in [4.69, 9.17) is 5.73 Å². The molecule has 2 amide bonds. The molecule has 0 saturated heterocycles. The summed E-state index contributed by atoms with van der Waals surface area (Å²) >= 11 is 1.47. The Bertz CT molecular complexity index is 716. The van der Waals surface area contributed by atoms with Crippen LogP contribution in [0.15, 0.2) is 35.7 Å². The van der Waals surface area contributed by atoms with Gasteiger partial charge < -0.3 is 5.73 Å². The van der Waals surface area contributed by atoms with Gasteiger partial charge in [-0.2, -0.15) is 5.06 Å². The maximum absolute atomic E-state index is 12.9. The second-order valence-corrected chi connectivity index (χ2v) is 5.66. The van der Waals surface area contributed by atoms with Gasteiger partial charge in [-0.1, -0.05) is 24.0 Å². The molecule has 114 valence electrons. The minimum atomic E-state index is -0.940. The highest BCUT2D eigenvalue weighted by Crippen LogP contribution is 2.17. The fourth-order valence-electron chi connectivity index (χ4n) is 1.80. The lowest BCUT2D eigenvalue weighted by atomic mass is 10.1. The summed E-state index contributed by atoms with van der Waals surface area (Å²) in [5.41, 5.74) is 7.04. The molecule has 6 heteroatoms. The number of nitrogens with two attached hydrogens (primary N) is 1. The highest BCUT2D eigenvalue weighted by molar-refractivity contribution is 7.10. The molecule has 0 saturated carbocycles. The predicted octanol–water partition coefficient (Wildman–Crippen LogP) is 2.99. The van der Waals surface area contributed by atoms with Gasteiger partial charge in [0.15, 0.2) is 0 Å². The van der Waals surface area contributed by atoms with Gasteiger partial charge in [-0.3, -0.25) is 5.21 Å². The molecule has 3 N–H and O–H groups in total. The number of hydrogen-bond donors (Lipinski definition) is 2. The van der Waals surface area contributed by atoms with E-state index >= 15 is 0 Å². The molecule has 0 aliphatic heterocycles. The van der Waals surface area contributed by atoms with Crippen LogP contribution in [-0.2, 0) is 6.42 Å². The van der Waals surface area contributed by atoms with Crippen LogP contribution in [0.5, 0.6) is 0 Å². The Morgan fingerprint density at radius 3 is 2.73 bits per heavy atom. The van der Waals surface area contributed by atoms with Gasteiger partial charge in [0.25, 0.3) is 0 Å². The van der Waals surface area contributed by atoms with E-state index in [0.29, 0.717) is 11.5 Å². The number of rotatable bonds is 3. The van der Waals surface area contributed by atoms with Crippen LogP contribution in [-0.4, -0.2) is 22.3 Å². The van der Waals surface area contributed by atoms with Crippen LogP contribution in [0.3, 0.4) is 0 Å². The number of carbonyl (C=O) groups is 1. The van der Waals surface area contributed by atoms with Gasteiger partial charge >= 0.3 is 6.03 Å². The highest BCUT2D eigenvalue weighted by atomic mass is 32.1. The molecule has 0 bridgehead atoms. The first-order chi connectivity index (χ1) is 10.5. The second kappa shape index (κ2) is 7.07. The van der Waals surface area contributed by atoms with Crippen molar-refractivity contribution >= 4 is 17.4 Å². The Kier molecular flexibility index (Phi) is 5.15. The van der Waals surface area contributed by atoms with Crippen molar-refractivity contribution in [3.63, 3.8) is 0 Å². The van der Waals surface area contributed by atoms with Crippen LogP contribution in [0.1, 0.15) is 22.9 Å². The lowest BCUT2D eigenvalue weighted by molar-refractivity contribution is -0.0536. The Labute approximate surface area is 131 Å². The van der Waals surface area contributed by atoms with Crippen LogP contribution in [0, 0.1) is 17.7 Å². The molecule has 0 radical (unpaired) electrons. The van der Waals surface area contributed by atoms with Crippen LogP contribution >= 0.6 is 11.3 Å². The van der Waals surface area contributed by atoms with E-state index < -0.39 is 12.1 Å². The summed E-state index contributed by atoms with van der Waals surface area (Å²) in [5, 5.41) is 11.7. The average Bonchev–Trinajstić information content (AvgIpc) is 2.94. The van der Waals surface area contributed by atoms with Gasteiger partial charge in [0.2, 0.25) is 0 Å². The molecular weight excluding hydrogens is 303 g/mol. The highest BCUT2D eigenvalue weighted by Gasteiger charge is 2.11. The van der Waals surface area contributed by atoms with Crippen molar-refractivity contribution < 1.29 is 14.4 Å². The molecule has 2 aromatic rings. The zero-order valence-electron chi connectivity index (χ0n) is 11.9. The van der Waals surface area contributed by atoms with E-state index in [1.807, 2.05) is 11.4 Å². The molecule has 0 unspecified atom stereocenters. The summed E-state index contributed by atoms with van der Waals surface area (Å²) in [6, 6.07) is 6.67. The number of primary amides is 1. The van der Waals surface area contributed by atoms with Gasteiger partial charge in [0.05, 0.1) is 4.88 Å². The summed E-state index contributed by atoms with van der Waals surface area (Å²) in [6.45, 7) is 1.57. The Balaban J connectivity index is 2.03. The topological polar surface area (TPSA) is 66.6 Å². The summed E-state index contributed by atoms with van der Waals surface area (Å²) < 4.78 is 12.9. The number of nitrogens with zero attached hydrogens (tertiary/aromatic N) is 1. The number of thiophene rings is 1. The maximum Gasteiger partial charge on any atom is 0.339 e. The number of amides is 2. The summed E-state index contributed by atoms with van der Waals surface area (Å²) in [7, 11) is 0. The Hall–Kier alpha value is -2.36. The molecule has 1 heterocycles. The number of benzene rings is 1. The van der Waals surface area contributed by atoms with Crippen molar-refractivity contribution in [2.24, 2.45) is 5.73 Å². The molecule has 2 rings (SSSR count). The Morgan fingerprint density at radius 2 is 2.09 bits per heavy atom. The lowest BCUT2D eigenvalue weighted by Gasteiger charge is -2.14. The van der Waals surface area contributed by atoms with Gasteiger partial charge in [0, 0.05) is 0 Å². The zero-order chi connectivity index (χ0) is 16.1. The average molecular weight is 318 g/mol. The van der Waals surface area contributed by atoms with Gasteiger partial charge in [-0.25, -0.2) is 9.18 Å². The summed E-state index contributed by atoms with van der Waals surface area (Å²) in [5.74, 6) is 5.39. The molecule has 0 aliphatic rings. The SMILES string of the molecule is C[C@H](C#Cc1cc(Cc2ccc(F)cc2)cs1)N(O)C(N)=O. The number of urea groups is 1. The minimum absolute atomic E-state index is 0.252. The number of halogens is 1. The standard InChI is InChI=1S/C16H15FN2O2S/c1-11(19(21)16(18)20)2-7-15-9-13(10-22-15)8-12-3-5-14(17)6-4-12/h3-6,9-11,21H,8H2,1H3,(H2,18,20)/t11-/m1/s1. The fourth-order valence-corrected chi connectivity index (χ4v) is 2.57. The van der Waals surface area contributed by atoms with E-state index in [9.17, 15) is 14.4 Å². The fraction of sp³-hybridized carbons (Fsp3) is 0.188. The van der Waals surface area contributed by atoms with E-state index in [2.05, 4.69) is 11.8 Å². The third-order valence-corrected chi connectivity index (χ3v) is 3.87. The van der Waals surface area contributed by atoms with Crippen molar-refractivity contribution in [1.82, 2.24) is 5.06 Å². The zero-order valence-corrected chi connectivity index (χ0v) is 12.7. The monoisotopic (exact) mass is 318 g/mol. The number of hydrogen-bond acceptors (Lipinski definition) is 3. The van der Waals surface area contributed by atoms with E-state index in [1.165, 1.54) is 23.5 Å². The normalized spacial score (nSPS) is 11.4. The second-order valence-electron chi connectivity index (χ2n) is 4.75. The van der Waals surface area contributed by atoms with E-state index in [1.54, 1.807) is 19.1 Å². The van der Waals surface area contributed by atoms with E-state index in [0.717, 1.165) is 16.0 Å². The predicted molar refractivity (Wildman–Crippen MR) is 83.1 cm³/mol. The molecule has 0 spiro atoms. The van der Waals surface area contributed by atoms with Crippen molar-refractivity contribution in [3.8, 4) is 11.8 Å². The number of hydroxylamine groups is 2. The van der Waals surface area contributed by atoms with Crippen LogP contribution in [0.4, 0.5) is 9.18 Å². The van der Waals surface area contributed by atoms with Crippen LogP contribution in [0.25, 0.3) is 0 Å². The summed E-state index contributed by atoms with van der Waals surface area (Å²) in [4.78, 5) is 11.6. The summed E-state index contributed by atoms with van der Waals surface area (Å²) in [6.07, 6.45) is 0.696. The first kappa shape index (κ1) is 16.0. The third-order valence-electron chi connectivity index (χ3n) is 2.97. The third kappa shape index (κ3) is 4.32. The lowest BCUT2D eigenvalue weighted by Crippen LogP contribution is -2.38. The van der Waals surface area contributed by atoms with Crippen LogP contribution < -0.4 is 5.73 Å². The van der Waals surface area contributed by atoms with Gasteiger partial charge in [-0.05, 0) is 48.1 Å². The smallest absolute Gasteiger partial charge is 0.339 e. The molecule has 1 atom stereocenters. The van der Waals surface area contributed by atoms with Crippen LogP contribution in [0.2, 0.25) is 0 Å². The number of carbonyl (C=O) groups excluding carboxylic acids is 1. The quantitative estimate of drug-likeness (QED) is 0.519. The largest absolute Gasteiger partial charge is 0.350 e. The van der Waals surface area contributed by atoms with Crippen molar-refractivity contribution in [3.05, 3.63) is 57.5 Å². The molecule has 4 nitrogen and oxygen atoms in total. The minimum Gasteiger partial charge on any atom is -0.350 e. The van der Waals surface area contributed by atoms with Crippen molar-refractivity contribution in [2.45, 2.75) is 19.4 Å². The molecule has 22 heavy (non-hydrogen) atoms. The van der Waals surface area contributed by atoms with Gasteiger partial charge in [0.1, 0.15) is 11.9 Å². The first-order valence-electron chi connectivity index (χ1n) is 6.56. The molecule has 0 fully saturated rings. The molecule has 0 aliphatic carbocycles. The van der Waals surface area contributed by atoms with Gasteiger partial charge in [-0.15, -0.1) is 11.3 Å². The maximum atomic E-state index is 12.9. The molecule has 1 aromatic carbocycles. The first-order valence-corrected chi connectivity index (χ1v) is 7.44. The van der Waals surface area contributed by atoms with E-state index in [-0.39, 0.29) is 5.82 Å².